The van der Waals surface area contributed by atoms with Crippen LogP contribution in [0.1, 0.15) is 68.4 Å². The summed E-state index contributed by atoms with van der Waals surface area (Å²) in [5.74, 6) is 1.82. The Morgan fingerprint density at radius 3 is 2.32 bits per heavy atom. The van der Waals surface area contributed by atoms with Gasteiger partial charge in [0.15, 0.2) is 6.61 Å². The van der Waals surface area contributed by atoms with Crippen LogP contribution in [0, 0.1) is 30.6 Å². The van der Waals surface area contributed by atoms with E-state index in [1.165, 1.54) is 19.3 Å². The van der Waals surface area contributed by atoms with Crippen molar-refractivity contribution in [3.63, 3.8) is 0 Å². The SMILES string of the molecule is Cc1nn(CC(C)C)c(Cl)c1C(=O)OCC(=O)NC12CC3CC(CC(C3)C1)C2. The van der Waals surface area contributed by atoms with E-state index < -0.39 is 5.97 Å². The molecule has 0 aromatic carbocycles. The van der Waals surface area contributed by atoms with E-state index in [0.717, 1.165) is 37.0 Å². The van der Waals surface area contributed by atoms with Crippen molar-refractivity contribution in [3.05, 3.63) is 16.4 Å². The quantitative estimate of drug-likeness (QED) is 0.729. The molecule has 1 amide bonds. The molecule has 4 fully saturated rings. The molecule has 0 saturated heterocycles. The van der Waals surface area contributed by atoms with Crippen molar-refractivity contribution >= 4 is 23.5 Å². The molecule has 6 nitrogen and oxygen atoms in total. The van der Waals surface area contributed by atoms with Crippen LogP contribution in [0.25, 0.3) is 0 Å². The number of nitrogens with one attached hydrogen (secondary N) is 1. The summed E-state index contributed by atoms with van der Waals surface area (Å²) in [6.45, 7) is 6.19. The lowest BCUT2D eigenvalue weighted by Gasteiger charge is -2.56. The number of nitrogens with zero attached hydrogens (tertiary/aromatic N) is 2. The molecule has 0 unspecified atom stereocenters. The van der Waals surface area contributed by atoms with E-state index in [1.54, 1.807) is 11.6 Å². The molecule has 4 bridgehead atoms. The molecule has 28 heavy (non-hydrogen) atoms. The lowest BCUT2D eigenvalue weighted by molar-refractivity contribution is -0.130. The summed E-state index contributed by atoms with van der Waals surface area (Å²) in [5, 5.41) is 7.83. The van der Waals surface area contributed by atoms with Gasteiger partial charge in [0.25, 0.3) is 5.91 Å². The predicted octanol–water partition coefficient (Wildman–Crippen LogP) is 3.74. The summed E-state index contributed by atoms with van der Waals surface area (Å²) in [7, 11) is 0. The minimum atomic E-state index is -0.585. The number of amides is 1. The third kappa shape index (κ3) is 3.80. The van der Waals surface area contributed by atoms with Crippen LogP contribution in [0.2, 0.25) is 5.15 Å². The number of halogens is 1. The van der Waals surface area contributed by atoms with Crippen molar-refractivity contribution in [2.75, 3.05) is 6.61 Å². The van der Waals surface area contributed by atoms with E-state index in [0.29, 0.717) is 18.2 Å². The summed E-state index contributed by atoms with van der Waals surface area (Å²) in [4.78, 5) is 25.1. The van der Waals surface area contributed by atoms with E-state index >= 15 is 0 Å². The molecule has 154 valence electrons. The first-order valence-corrected chi connectivity index (χ1v) is 10.8. The number of hydrogen-bond acceptors (Lipinski definition) is 4. The monoisotopic (exact) mass is 407 g/mol. The number of rotatable bonds is 6. The number of ether oxygens (including phenoxy) is 1. The Morgan fingerprint density at radius 1 is 1.21 bits per heavy atom. The van der Waals surface area contributed by atoms with Crippen LogP contribution in [0.5, 0.6) is 0 Å². The zero-order valence-electron chi connectivity index (χ0n) is 17.0. The maximum absolute atomic E-state index is 12.5. The van der Waals surface area contributed by atoms with Crippen molar-refractivity contribution in [2.24, 2.45) is 23.7 Å². The van der Waals surface area contributed by atoms with Crippen molar-refractivity contribution in [3.8, 4) is 0 Å². The van der Waals surface area contributed by atoms with E-state index in [-0.39, 0.29) is 28.8 Å². The molecule has 1 heterocycles. The van der Waals surface area contributed by atoms with Crippen LogP contribution in [0.15, 0.2) is 0 Å². The average molecular weight is 408 g/mol. The number of carbonyl (C=O) groups is 2. The molecule has 4 saturated carbocycles. The van der Waals surface area contributed by atoms with E-state index in [2.05, 4.69) is 24.3 Å². The van der Waals surface area contributed by atoms with Gasteiger partial charge >= 0.3 is 5.97 Å². The number of aromatic nitrogens is 2. The van der Waals surface area contributed by atoms with E-state index in [9.17, 15) is 9.59 Å². The second kappa shape index (κ2) is 7.36. The van der Waals surface area contributed by atoms with Crippen molar-refractivity contribution < 1.29 is 14.3 Å². The fraction of sp³-hybridized carbons (Fsp3) is 0.762. The van der Waals surface area contributed by atoms with E-state index in [1.807, 2.05) is 0 Å². The Balaban J connectivity index is 1.35. The van der Waals surface area contributed by atoms with Gasteiger partial charge in [-0.2, -0.15) is 5.10 Å². The van der Waals surface area contributed by atoms with Crippen molar-refractivity contribution in [1.82, 2.24) is 15.1 Å². The molecule has 0 aliphatic heterocycles. The van der Waals surface area contributed by atoms with Gasteiger partial charge in [-0.25, -0.2) is 4.79 Å². The lowest BCUT2D eigenvalue weighted by atomic mass is 9.53. The number of hydrogen-bond donors (Lipinski definition) is 1. The van der Waals surface area contributed by atoms with Crippen LogP contribution < -0.4 is 5.32 Å². The highest BCUT2D eigenvalue weighted by molar-refractivity contribution is 6.32. The minimum absolute atomic E-state index is 0.0754. The lowest BCUT2D eigenvalue weighted by Crippen LogP contribution is -2.60. The van der Waals surface area contributed by atoms with Gasteiger partial charge in [-0.3, -0.25) is 9.48 Å². The predicted molar refractivity (Wildman–Crippen MR) is 106 cm³/mol. The molecule has 7 heteroatoms. The Morgan fingerprint density at radius 2 is 1.79 bits per heavy atom. The summed E-state index contributed by atoms with van der Waals surface area (Å²) < 4.78 is 6.91. The molecule has 1 N–H and O–H groups in total. The van der Waals surface area contributed by atoms with Crippen molar-refractivity contribution in [1.29, 1.82) is 0 Å². The van der Waals surface area contributed by atoms with Crippen LogP contribution >= 0.6 is 11.6 Å². The normalized spacial score (nSPS) is 30.7. The molecule has 4 aliphatic carbocycles. The van der Waals surface area contributed by atoms with Crippen LogP contribution in [0.4, 0.5) is 0 Å². The van der Waals surface area contributed by atoms with Crippen molar-refractivity contribution in [2.45, 2.75) is 71.4 Å². The largest absolute Gasteiger partial charge is 0.452 e. The highest BCUT2D eigenvalue weighted by Gasteiger charge is 2.51. The van der Waals surface area contributed by atoms with Crippen LogP contribution in [-0.4, -0.2) is 33.8 Å². The smallest absolute Gasteiger partial charge is 0.343 e. The summed E-state index contributed by atoms with van der Waals surface area (Å²) in [6, 6.07) is 0. The molecule has 0 radical (unpaired) electrons. The Labute approximate surface area is 171 Å². The highest BCUT2D eigenvalue weighted by Crippen LogP contribution is 2.55. The standard InChI is InChI=1S/C21H30ClN3O3/c1-12(2)10-25-19(22)18(13(3)24-25)20(27)28-11-17(26)23-21-7-14-4-15(8-21)6-16(5-14)9-21/h12,14-16H,4-11H2,1-3H3,(H,23,26). The van der Waals surface area contributed by atoms with Gasteiger partial charge < -0.3 is 10.1 Å². The van der Waals surface area contributed by atoms with Gasteiger partial charge in [0.1, 0.15) is 10.7 Å². The second-order valence-corrected chi connectivity index (χ2v) is 10.0. The van der Waals surface area contributed by atoms with E-state index in [4.69, 9.17) is 16.3 Å². The molecule has 1 aromatic rings. The third-order valence-electron chi connectivity index (χ3n) is 6.58. The first-order valence-electron chi connectivity index (χ1n) is 10.5. The summed E-state index contributed by atoms with van der Waals surface area (Å²) >= 11 is 6.33. The number of aryl methyl sites for hydroxylation is 1. The summed E-state index contributed by atoms with van der Waals surface area (Å²) in [5.41, 5.74) is 0.704. The van der Waals surface area contributed by atoms with Gasteiger partial charge in [0.2, 0.25) is 0 Å². The van der Waals surface area contributed by atoms with Gasteiger partial charge in [-0.1, -0.05) is 25.4 Å². The van der Waals surface area contributed by atoms with Crippen LogP contribution in [-0.2, 0) is 16.1 Å². The minimum Gasteiger partial charge on any atom is -0.452 e. The maximum atomic E-state index is 12.5. The molecular weight excluding hydrogens is 378 g/mol. The van der Waals surface area contributed by atoms with Gasteiger partial charge in [0, 0.05) is 12.1 Å². The molecule has 1 aromatic heterocycles. The Bertz CT molecular complexity index is 751. The Hall–Kier alpha value is -1.56. The molecule has 4 aliphatic rings. The fourth-order valence-electron chi connectivity index (χ4n) is 6.05. The highest BCUT2D eigenvalue weighted by atomic mass is 35.5. The van der Waals surface area contributed by atoms with Crippen LogP contribution in [0.3, 0.4) is 0 Å². The summed E-state index contributed by atoms with van der Waals surface area (Å²) in [6.07, 6.45) is 7.19. The molecule has 5 rings (SSSR count). The topological polar surface area (TPSA) is 73.2 Å². The first kappa shape index (κ1) is 19.7. The van der Waals surface area contributed by atoms with Gasteiger partial charge in [0.05, 0.1) is 5.69 Å². The Kier molecular flexibility index (Phi) is 5.19. The molecular formula is C21H30ClN3O3. The zero-order chi connectivity index (χ0) is 20.1. The van der Waals surface area contributed by atoms with Gasteiger partial charge in [-0.15, -0.1) is 0 Å². The molecule has 0 spiro atoms. The second-order valence-electron chi connectivity index (χ2n) is 9.65. The fourth-order valence-corrected chi connectivity index (χ4v) is 6.37. The maximum Gasteiger partial charge on any atom is 0.343 e. The number of carbonyl (C=O) groups excluding carboxylic acids is 2. The zero-order valence-corrected chi connectivity index (χ0v) is 17.7. The molecule has 0 atom stereocenters. The third-order valence-corrected chi connectivity index (χ3v) is 6.97. The number of esters is 1. The first-order chi connectivity index (χ1) is 13.2. The van der Waals surface area contributed by atoms with Gasteiger partial charge in [-0.05, 0) is 69.1 Å². The average Bonchev–Trinajstić information content (AvgIpc) is 2.84.